The fourth-order valence-electron chi connectivity index (χ4n) is 3.43. The molecule has 3 aromatic carbocycles. The smallest absolute Gasteiger partial charge is 0.273 e. The Morgan fingerprint density at radius 3 is 2.41 bits per heavy atom. The minimum atomic E-state index is -0.571. The first-order chi connectivity index (χ1) is 15.4. The van der Waals surface area contributed by atoms with Crippen molar-refractivity contribution in [2.24, 2.45) is 0 Å². The van der Waals surface area contributed by atoms with Crippen LogP contribution in [0, 0.1) is 10.1 Å². The Hall–Kier alpha value is -4.53. The molecule has 0 aromatic heterocycles. The maximum atomic E-state index is 12.8. The Balaban J connectivity index is 1.57. The van der Waals surface area contributed by atoms with Crippen molar-refractivity contribution in [1.82, 2.24) is 4.90 Å². The van der Waals surface area contributed by atoms with Crippen LogP contribution in [0.1, 0.15) is 36.6 Å². The van der Waals surface area contributed by atoms with E-state index < -0.39 is 22.6 Å². The minimum Gasteiger partial charge on any atom is -0.494 e. The molecule has 0 fully saturated rings. The molecule has 0 atom stereocenters. The number of amides is 3. The highest BCUT2D eigenvalue weighted by Gasteiger charge is 2.36. The van der Waals surface area contributed by atoms with Gasteiger partial charge >= 0.3 is 0 Å². The first-order valence-corrected chi connectivity index (χ1v) is 9.57. The number of nitrogens with zero attached hydrogens (tertiary/aromatic N) is 2. The molecule has 0 bridgehead atoms. The van der Waals surface area contributed by atoms with Crippen LogP contribution in [0.3, 0.4) is 0 Å². The van der Waals surface area contributed by atoms with E-state index in [1.54, 1.807) is 0 Å². The zero-order valence-corrected chi connectivity index (χ0v) is 16.9. The summed E-state index contributed by atoms with van der Waals surface area (Å²) in [5.74, 6) is -1.33. The number of nitro groups is 1. The van der Waals surface area contributed by atoms with Crippen molar-refractivity contribution in [2.75, 3.05) is 12.4 Å². The molecule has 1 aliphatic rings. The van der Waals surface area contributed by atoms with Crippen LogP contribution < -0.4 is 10.1 Å². The van der Waals surface area contributed by atoms with E-state index in [1.165, 1.54) is 43.5 Å². The van der Waals surface area contributed by atoms with E-state index in [1.807, 2.05) is 30.3 Å². The number of carbonyl (C=O) groups excluding carboxylic acids is 3. The molecule has 0 saturated carbocycles. The van der Waals surface area contributed by atoms with Crippen molar-refractivity contribution < 1.29 is 24.0 Å². The Kier molecular flexibility index (Phi) is 5.38. The SMILES string of the molecule is COc1cc([N+](=O)[O-])ccc1NC(=O)c1ccc2c(c1)C(=O)N(Cc1ccccc1)C2=O. The van der Waals surface area contributed by atoms with Gasteiger partial charge in [-0.3, -0.25) is 29.4 Å². The van der Waals surface area contributed by atoms with Crippen molar-refractivity contribution in [3.63, 3.8) is 0 Å². The van der Waals surface area contributed by atoms with E-state index in [4.69, 9.17) is 4.74 Å². The average molecular weight is 431 g/mol. The van der Waals surface area contributed by atoms with Gasteiger partial charge in [-0.15, -0.1) is 0 Å². The molecule has 1 N–H and O–H groups in total. The summed E-state index contributed by atoms with van der Waals surface area (Å²) in [6, 6.07) is 17.2. The lowest BCUT2D eigenvalue weighted by atomic mass is 10.1. The number of rotatable bonds is 6. The summed E-state index contributed by atoms with van der Waals surface area (Å²) in [7, 11) is 1.33. The van der Waals surface area contributed by atoms with Crippen LogP contribution in [0.25, 0.3) is 0 Å². The number of benzene rings is 3. The highest BCUT2D eigenvalue weighted by molar-refractivity contribution is 6.22. The standard InChI is InChI=1S/C23H17N3O6/c1-32-20-12-16(26(30)31)8-10-19(20)24-21(27)15-7-9-17-18(11-15)23(29)25(22(17)28)13-14-5-3-2-4-6-14/h2-12H,13H2,1H3,(H,24,27). The molecule has 160 valence electrons. The summed E-state index contributed by atoms with van der Waals surface area (Å²) in [5, 5.41) is 13.5. The summed E-state index contributed by atoms with van der Waals surface area (Å²) in [5.41, 5.74) is 1.40. The molecular formula is C23H17N3O6. The lowest BCUT2D eigenvalue weighted by Gasteiger charge is -2.13. The second kappa shape index (κ2) is 8.31. The molecule has 9 nitrogen and oxygen atoms in total. The molecular weight excluding hydrogens is 414 g/mol. The van der Waals surface area contributed by atoms with Gasteiger partial charge in [0.1, 0.15) is 5.75 Å². The Bertz CT molecular complexity index is 1260. The second-order valence-corrected chi connectivity index (χ2v) is 7.04. The Labute approximate surface area is 182 Å². The molecule has 0 saturated heterocycles. The third-order valence-corrected chi connectivity index (χ3v) is 5.06. The number of methoxy groups -OCH3 is 1. The van der Waals surface area contributed by atoms with Gasteiger partial charge in [-0.1, -0.05) is 30.3 Å². The molecule has 1 aliphatic heterocycles. The number of non-ortho nitro benzene ring substituents is 1. The molecule has 0 aliphatic carbocycles. The number of imide groups is 1. The largest absolute Gasteiger partial charge is 0.494 e. The molecule has 1 heterocycles. The van der Waals surface area contributed by atoms with Crippen LogP contribution in [0.15, 0.2) is 66.7 Å². The lowest BCUT2D eigenvalue weighted by Crippen LogP contribution is -2.29. The van der Waals surface area contributed by atoms with Gasteiger partial charge < -0.3 is 10.1 Å². The number of hydrogen-bond donors (Lipinski definition) is 1. The van der Waals surface area contributed by atoms with E-state index in [0.717, 1.165) is 10.5 Å². The van der Waals surface area contributed by atoms with Crippen molar-refractivity contribution in [3.8, 4) is 5.75 Å². The van der Waals surface area contributed by atoms with Gasteiger partial charge in [0.25, 0.3) is 23.4 Å². The molecule has 9 heteroatoms. The summed E-state index contributed by atoms with van der Waals surface area (Å²) in [6.07, 6.45) is 0. The van der Waals surface area contributed by atoms with Crippen LogP contribution in [0.2, 0.25) is 0 Å². The number of nitrogens with one attached hydrogen (secondary N) is 1. The monoisotopic (exact) mass is 431 g/mol. The van der Waals surface area contributed by atoms with E-state index in [9.17, 15) is 24.5 Å². The third-order valence-electron chi connectivity index (χ3n) is 5.06. The lowest BCUT2D eigenvalue weighted by molar-refractivity contribution is -0.384. The molecule has 3 aromatic rings. The minimum absolute atomic E-state index is 0.119. The third kappa shape index (κ3) is 3.79. The highest BCUT2D eigenvalue weighted by Crippen LogP contribution is 2.30. The Morgan fingerprint density at radius 1 is 1.00 bits per heavy atom. The van der Waals surface area contributed by atoms with Crippen LogP contribution in [0.5, 0.6) is 5.75 Å². The maximum Gasteiger partial charge on any atom is 0.273 e. The first kappa shape index (κ1) is 20.7. The van der Waals surface area contributed by atoms with Gasteiger partial charge in [0.2, 0.25) is 0 Å². The number of anilines is 1. The molecule has 0 unspecified atom stereocenters. The highest BCUT2D eigenvalue weighted by atomic mass is 16.6. The summed E-state index contributed by atoms with van der Waals surface area (Å²) in [4.78, 5) is 49.8. The van der Waals surface area contributed by atoms with Crippen LogP contribution in [-0.2, 0) is 6.54 Å². The Morgan fingerprint density at radius 2 is 1.72 bits per heavy atom. The average Bonchev–Trinajstić information content (AvgIpc) is 3.04. The van der Waals surface area contributed by atoms with Crippen molar-refractivity contribution in [2.45, 2.75) is 6.54 Å². The topological polar surface area (TPSA) is 119 Å². The zero-order chi connectivity index (χ0) is 22.8. The predicted molar refractivity (Wildman–Crippen MR) is 115 cm³/mol. The van der Waals surface area contributed by atoms with E-state index >= 15 is 0 Å². The molecule has 4 rings (SSSR count). The van der Waals surface area contributed by atoms with Gasteiger partial charge in [-0.2, -0.15) is 0 Å². The zero-order valence-electron chi connectivity index (χ0n) is 16.9. The molecule has 32 heavy (non-hydrogen) atoms. The van der Waals surface area contributed by atoms with Gasteiger partial charge in [-0.25, -0.2) is 0 Å². The fourth-order valence-corrected chi connectivity index (χ4v) is 3.43. The van der Waals surface area contributed by atoms with Gasteiger partial charge in [0, 0.05) is 11.6 Å². The number of nitro benzene ring substituents is 1. The van der Waals surface area contributed by atoms with Crippen molar-refractivity contribution >= 4 is 29.1 Å². The van der Waals surface area contributed by atoms with Crippen LogP contribution in [0.4, 0.5) is 11.4 Å². The van der Waals surface area contributed by atoms with E-state index in [2.05, 4.69) is 5.32 Å². The first-order valence-electron chi connectivity index (χ1n) is 9.57. The number of hydrogen-bond acceptors (Lipinski definition) is 6. The number of carbonyl (C=O) groups is 3. The van der Waals surface area contributed by atoms with Crippen LogP contribution >= 0.6 is 0 Å². The van der Waals surface area contributed by atoms with Gasteiger partial charge in [-0.05, 0) is 29.8 Å². The normalized spacial score (nSPS) is 12.5. The summed E-state index contributed by atoms with van der Waals surface area (Å²) >= 11 is 0. The quantitative estimate of drug-likeness (QED) is 0.361. The molecule has 0 spiro atoms. The number of fused-ring (bicyclic) bond motifs is 1. The summed E-state index contributed by atoms with van der Waals surface area (Å²) < 4.78 is 5.12. The summed E-state index contributed by atoms with van der Waals surface area (Å²) in [6.45, 7) is 0.134. The maximum absolute atomic E-state index is 12.8. The van der Waals surface area contributed by atoms with E-state index in [-0.39, 0.29) is 40.4 Å². The fraction of sp³-hybridized carbons (Fsp3) is 0.0870. The number of ether oxygens (including phenoxy) is 1. The van der Waals surface area contributed by atoms with Crippen molar-refractivity contribution in [1.29, 1.82) is 0 Å². The second-order valence-electron chi connectivity index (χ2n) is 7.04. The predicted octanol–water partition coefficient (Wildman–Crippen LogP) is 3.65. The van der Waals surface area contributed by atoms with Crippen molar-refractivity contribution in [3.05, 3.63) is 99.1 Å². The van der Waals surface area contributed by atoms with E-state index in [0.29, 0.717) is 0 Å². The van der Waals surface area contributed by atoms with Gasteiger partial charge in [0.05, 0.1) is 41.5 Å². The van der Waals surface area contributed by atoms with Gasteiger partial charge in [0.15, 0.2) is 0 Å². The molecule has 0 radical (unpaired) electrons. The molecule has 3 amide bonds. The van der Waals surface area contributed by atoms with Crippen LogP contribution in [-0.4, -0.2) is 34.7 Å².